The molecule has 0 bridgehead atoms. The summed E-state index contributed by atoms with van der Waals surface area (Å²) in [6, 6.07) is 8.59. The third kappa shape index (κ3) is 2.87. The quantitative estimate of drug-likeness (QED) is 0.636. The molecule has 0 saturated carbocycles. The lowest BCUT2D eigenvalue weighted by Gasteiger charge is -2.17. The van der Waals surface area contributed by atoms with Crippen molar-refractivity contribution in [1.82, 2.24) is 9.29 Å². The van der Waals surface area contributed by atoms with Crippen molar-refractivity contribution >= 4 is 20.9 Å². The van der Waals surface area contributed by atoms with Gasteiger partial charge in [0.2, 0.25) is 10.0 Å². The minimum Gasteiger partial charge on any atom is -0.255 e. The molecular formula is C15H13N3O2S. The van der Waals surface area contributed by atoms with E-state index in [0.717, 1.165) is 15.3 Å². The number of sulfonamides is 1. The van der Waals surface area contributed by atoms with Crippen LogP contribution >= 0.6 is 0 Å². The van der Waals surface area contributed by atoms with Gasteiger partial charge in [-0.25, -0.2) is 8.42 Å². The number of terminal acetylenes is 1. The molecule has 0 spiro atoms. The van der Waals surface area contributed by atoms with Gasteiger partial charge in [-0.3, -0.25) is 4.98 Å². The topological polar surface area (TPSA) is 74.1 Å². The van der Waals surface area contributed by atoms with E-state index in [0.29, 0.717) is 5.52 Å². The van der Waals surface area contributed by atoms with E-state index in [1.165, 1.54) is 6.07 Å². The first-order valence-electron chi connectivity index (χ1n) is 6.16. The van der Waals surface area contributed by atoms with Crippen LogP contribution in [0.2, 0.25) is 0 Å². The Morgan fingerprint density at radius 2 is 2.14 bits per heavy atom. The summed E-state index contributed by atoms with van der Waals surface area (Å²) in [5.74, 6) is 2.26. The van der Waals surface area contributed by atoms with Crippen LogP contribution in [-0.2, 0) is 10.0 Å². The van der Waals surface area contributed by atoms with E-state index in [9.17, 15) is 8.42 Å². The molecule has 1 aromatic heterocycles. The number of aromatic nitrogens is 1. The number of benzene rings is 1. The summed E-state index contributed by atoms with van der Waals surface area (Å²) in [5.41, 5.74) is 1.32. The number of nitriles is 1. The van der Waals surface area contributed by atoms with E-state index in [-0.39, 0.29) is 18.0 Å². The zero-order valence-corrected chi connectivity index (χ0v) is 12.3. The smallest absolute Gasteiger partial charge is 0.247 e. The predicted molar refractivity (Wildman–Crippen MR) is 79.7 cm³/mol. The lowest BCUT2D eigenvalue weighted by Crippen LogP contribution is -2.32. The minimum atomic E-state index is -3.86. The third-order valence-corrected chi connectivity index (χ3v) is 4.77. The Balaban J connectivity index is 2.65. The van der Waals surface area contributed by atoms with Crippen LogP contribution in [0.25, 0.3) is 10.9 Å². The third-order valence-electron chi connectivity index (χ3n) is 2.94. The maximum atomic E-state index is 12.7. The van der Waals surface area contributed by atoms with E-state index >= 15 is 0 Å². The zero-order valence-electron chi connectivity index (χ0n) is 11.4. The number of hydrogen-bond donors (Lipinski definition) is 0. The molecule has 0 amide bonds. The van der Waals surface area contributed by atoms with Gasteiger partial charge in [-0.05, 0) is 24.6 Å². The molecule has 0 aliphatic carbocycles. The average molecular weight is 299 g/mol. The molecule has 0 aliphatic rings. The molecule has 0 saturated heterocycles. The van der Waals surface area contributed by atoms with Gasteiger partial charge in [0, 0.05) is 11.6 Å². The van der Waals surface area contributed by atoms with E-state index in [4.69, 9.17) is 11.7 Å². The maximum Gasteiger partial charge on any atom is 0.247 e. The number of aryl methyl sites for hydroxylation is 1. The van der Waals surface area contributed by atoms with Crippen LogP contribution < -0.4 is 0 Å². The molecule has 21 heavy (non-hydrogen) atoms. The molecular weight excluding hydrogens is 286 g/mol. The molecule has 0 atom stereocenters. The molecule has 1 heterocycles. The maximum absolute atomic E-state index is 12.7. The summed E-state index contributed by atoms with van der Waals surface area (Å²) < 4.78 is 26.3. The second-order valence-corrected chi connectivity index (χ2v) is 6.38. The molecule has 106 valence electrons. The molecule has 2 aromatic rings. The fraction of sp³-hybridized carbons (Fsp3) is 0.200. The Hall–Kier alpha value is -2.41. The molecule has 1 aromatic carbocycles. The second-order valence-electron chi connectivity index (χ2n) is 4.48. The highest BCUT2D eigenvalue weighted by Crippen LogP contribution is 2.24. The molecule has 0 radical (unpaired) electrons. The lowest BCUT2D eigenvalue weighted by molar-refractivity contribution is 0.481. The van der Waals surface area contributed by atoms with Crippen molar-refractivity contribution in [2.24, 2.45) is 0 Å². The Labute approximate surface area is 123 Å². The van der Waals surface area contributed by atoms with Gasteiger partial charge in [-0.2, -0.15) is 9.57 Å². The first-order valence-corrected chi connectivity index (χ1v) is 7.60. The summed E-state index contributed by atoms with van der Waals surface area (Å²) in [7, 11) is -3.86. The fourth-order valence-corrected chi connectivity index (χ4v) is 3.41. The van der Waals surface area contributed by atoms with Crippen LogP contribution in [0.15, 0.2) is 35.4 Å². The van der Waals surface area contributed by atoms with Gasteiger partial charge in [-0.15, -0.1) is 6.42 Å². The van der Waals surface area contributed by atoms with Gasteiger partial charge in [0.05, 0.1) is 18.1 Å². The normalized spacial score (nSPS) is 11.2. The highest BCUT2D eigenvalue weighted by atomic mass is 32.2. The van der Waals surface area contributed by atoms with Crippen LogP contribution in [0, 0.1) is 30.6 Å². The van der Waals surface area contributed by atoms with Crippen molar-refractivity contribution in [2.45, 2.75) is 11.8 Å². The van der Waals surface area contributed by atoms with Crippen LogP contribution in [0.3, 0.4) is 0 Å². The van der Waals surface area contributed by atoms with Gasteiger partial charge >= 0.3 is 0 Å². The SMILES string of the molecule is C#CCN(CC#N)S(=O)(=O)c1cccc2cc(C)cnc12. The van der Waals surface area contributed by atoms with Crippen molar-refractivity contribution in [2.75, 3.05) is 13.1 Å². The number of para-hydroxylation sites is 1. The molecule has 2 rings (SSSR count). The molecule has 5 nitrogen and oxygen atoms in total. The molecule has 6 heteroatoms. The molecule has 0 unspecified atom stereocenters. The van der Waals surface area contributed by atoms with Crippen molar-refractivity contribution < 1.29 is 8.42 Å². The number of nitrogens with zero attached hydrogens (tertiary/aromatic N) is 3. The predicted octanol–water partition coefficient (Wildman–Crippen LogP) is 1.69. The summed E-state index contributed by atoms with van der Waals surface area (Å²) in [6.45, 7) is 1.43. The van der Waals surface area contributed by atoms with Crippen LogP contribution in [0.1, 0.15) is 5.56 Å². The number of fused-ring (bicyclic) bond motifs is 1. The second kappa shape index (κ2) is 5.92. The minimum absolute atomic E-state index is 0.0606. The highest BCUT2D eigenvalue weighted by Gasteiger charge is 2.26. The van der Waals surface area contributed by atoms with Crippen molar-refractivity contribution in [3.8, 4) is 18.4 Å². The Morgan fingerprint density at radius 3 is 2.81 bits per heavy atom. The van der Waals surface area contributed by atoms with Gasteiger partial charge in [0.1, 0.15) is 11.4 Å². The summed E-state index contributed by atoms with van der Waals surface area (Å²) in [4.78, 5) is 4.27. The summed E-state index contributed by atoms with van der Waals surface area (Å²) in [5, 5.41) is 9.51. The number of hydrogen-bond acceptors (Lipinski definition) is 4. The van der Waals surface area contributed by atoms with E-state index in [1.54, 1.807) is 18.3 Å². The largest absolute Gasteiger partial charge is 0.255 e. The van der Waals surface area contributed by atoms with Gasteiger partial charge in [-0.1, -0.05) is 18.1 Å². The van der Waals surface area contributed by atoms with Crippen LogP contribution in [0.4, 0.5) is 0 Å². The molecule has 0 N–H and O–H groups in total. The number of rotatable bonds is 4. The van der Waals surface area contributed by atoms with Crippen LogP contribution in [-0.4, -0.2) is 30.8 Å². The van der Waals surface area contributed by atoms with Crippen molar-refractivity contribution in [3.63, 3.8) is 0 Å². The van der Waals surface area contributed by atoms with Gasteiger partial charge in [0.15, 0.2) is 0 Å². The zero-order chi connectivity index (χ0) is 15.5. The number of pyridine rings is 1. The lowest BCUT2D eigenvalue weighted by atomic mass is 10.2. The van der Waals surface area contributed by atoms with Gasteiger partial charge in [0.25, 0.3) is 0 Å². The summed E-state index contributed by atoms with van der Waals surface area (Å²) >= 11 is 0. The first-order chi connectivity index (χ1) is 10.0. The van der Waals surface area contributed by atoms with E-state index < -0.39 is 10.0 Å². The molecule has 0 fully saturated rings. The van der Waals surface area contributed by atoms with E-state index in [1.807, 2.05) is 19.1 Å². The van der Waals surface area contributed by atoms with Crippen molar-refractivity contribution in [1.29, 1.82) is 5.26 Å². The standard InChI is InChI=1S/C15H13N3O2S/c1-3-8-18(9-7-16)21(19,20)14-6-4-5-13-10-12(2)11-17-15(13)14/h1,4-6,10-11H,8-9H2,2H3. The Morgan fingerprint density at radius 1 is 1.38 bits per heavy atom. The highest BCUT2D eigenvalue weighted by molar-refractivity contribution is 7.89. The van der Waals surface area contributed by atoms with E-state index in [2.05, 4.69) is 10.9 Å². The fourth-order valence-electron chi connectivity index (χ4n) is 2.00. The monoisotopic (exact) mass is 299 g/mol. The Kier molecular flexibility index (Phi) is 4.23. The van der Waals surface area contributed by atoms with Crippen molar-refractivity contribution in [3.05, 3.63) is 36.0 Å². The van der Waals surface area contributed by atoms with Crippen LogP contribution in [0.5, 0.6) is 0 Å². The molecule has 0 aliphatic heterocycles. The summed E-state index contributed by atoms with van der Waals surface area (Å²) in [6.07, 6.45) is 6.79. The average Bonchev–Trinajstić information content (AvgIpc) is 2.46. The first kappa shape index (κ1) is 15.0. The van der Waals surface area contributed by atoms with Gasteiger partial charge < -0.3 is 0 Å². The Bertz CT molecular complexity index is 845.